The van der Waals surface area contributed by atoms with Gasteiger partial charge in [0.1, 0.15) is 17.3 Å². The molecule has 19 heavy (non-hydrogen) atoms. The summed E-state index contributed by atoms with van der Waals surface area (Å²) in [7, 11) is 0. The molecule has 92 valence electrons. The highest BCUT2D eigenvalue weighted by molar-refractivity contribution is 6.42. The van der Waals surface area contributed by atoms with Crippen LogP contribution in [0, 0.1) is 11.3 Å². The number of benzene rings is 1. The van der Waals surface area contributed by atoms with E-state index < -0.39 is 0 Å². The van der Waals surface area contributed by atoms with Crippen LogP contribution < -0.4 is 0 Å². The Labute approximate surface area is 118 Å². The zero-order valence-corrected chi connectivity index (χ0v) is 11.0. The van der Waals surface area contributed by atoms with Gasteiger partial charge >= 0.3 is 0 Å². The first-order valence-electron chi connectivity index (χ1n) is 5.39. The van der Waals surface area contributed by atoms with Gasteiger partial charge in [0.05, 0.1) is 10.0 Å². The predicted octanol–water partition coefficient (Wildman–Crippen LogP) is 3.57. The van der Waals surface area contributed by atoms with Crippen molar-refractivity contribution in [3.63, 3.8) is 0 Å². The molecule has 4 nitrogen and oxygen atoms in total. The quantitative estimate of drug-likeness (QED) is 0.688. The molecule has 0 atom stereocenters. The Balaban J connectivity index is 2.30. The van der Waals surface area contributed by atoms with Crippen LogP contribution in [-0.2, 0) is 0 Å². The minimum absolute atomic E-state index is 0.416. The second-order valence-corrected chi connectivity index (χ2v) is 4.67. The molecular formula is C13H6Cl2N4. The fraction of sp³-hybridized carbons (Fsp3) is 0. The van der Waals surface area contributed by atoms with Gasteiger partial charge in [0.2, 0.25) is 0 Å². The predicted molar refractivity (Wildman–Crippen MR) is 73.2 cm³/mol. The first-order valence-corrected chi connectivity index (χ1v) is 6.15. The standard InChI is InChI=1S/C13H6Cl2N4/c14-10-3-2-8(6-11(10)15)12-9(7-16)13-17-4-1-5-19(13)18-12/h1-6H. The van der Waals surface area contributed by atoms with Gasteiger partial charge in [-0.2, -0.15) is 10.4 Å². The number of hydrogen-bond acceptors (Lipinski definition) is 3. The van der Waals surface area contributed by atoms with Gasteiger partial charge in [-0.25, -0.2) is 9.50 Å². The maximum absolute atomic E-state index is 9.29. The number of aromatic nitrogens is 3. The molecule has 0 aliphatic carbocycles. The van der Waals surface area contributed by atoms with Gasteiger partial charge in [-0.3, -0.25) is 0 Å². The van der Waals surface area contributed by atoms with E-state index in [4.69, 9.17) is 23.2 Å². The summed E-state index contributed by atoms with van der Waals surface area (Å²) < 4.78 is 1.57. The third-order valence-corrected chi connectivity index (χ3v) is 3.44. The summed E-state index contributed by atoms with van der Waals surface area (Å²) in [5.74, 6) is 0. The van der Waals surface area contributed by atoms with Crippen LogP contribution in [-0.4, -0.2) is 14.6 Å². The second-order valence-electron chi connectivity index (χ2n) is 3.85. The van der Waals surface area contributed by atoms with Crippen LogP contribution in [0.25, 0.3) is 16.9 Å². The van der Waals surface area contributed by atoms with E-state index in [2.05, 4.69) is 16.2 Å². The largest absolute Gasteiger partial charge is 0.236 e. The molecule has 2 heterocycles. The molecule has 3 aromatic rings. The summed E-state index contributed by atoms with van der Waals surface area (Å²) >= 11 is 11.9. The van der Waals surface area contributed by atoms with E-state index in [1.807, 2.05) is 0 Å². The summed E-state index contributed by atoms with van der Waals surface area (Å²) in [4.78, 5) is 4.16. The first-order chi connectivity index (χ1) is 9.20. The maximum Gasteiger partial charge on any atom is 0.173 e. The lowest BCUT2D eigenvalue weighted by Gasteiger charge is -1.99. The van der Waals surface area contributed by atoms with Crippen LogP contribution in [0.3, 0.4) is 0 Å². The van der Waals surface area contributed by atoms with Crippen LogP contribution in [0.2, 0.25) is 10.0 Å². The van der Waals surface area contributed by atoms with Gasteiger partial charge in [0, 0.05) is 18.0 Å². The molecule has 0 unspecified atom stereocenters. The number of rotatable bonds is 1. The molecule has 0 spiro atoms. The highest BCUT2D eigenvalue weighted by atomic mass is 35.5. The number of fused-ring (bicyclic) bond motifs is 1. The van der Waals surface area contributed by atoms with Crippen molar-refractivity contribution >= 4 is 28.8 Å². The molecule has 0 fully saturated rings. The topological polar surface area (TPSA) is 54.0 Å². The third kappa shape index (κ3) is 1.93. The fourth-order valence-corrected chi connectivity index (χ4v) is 2.13. The Bertz CT molecular complexity index is 817. The number of nitrogens with zero attached hydrogens (tertiary/aromatic N) is 4. The summed E-state index contributed by atoms with van der Waals surface area (Å²) in [6.45, 7) is 0. The lowest BCUT2D eigenvalue weighted by molar-refractivity contribution is 0.943. The third-order valence-electron chi connectivity index (χ3n) is 2.70. The van der Waals surface area contributed by atoms with Crippen molar-refractivity contribution in [3.8, 4) is 17.3 Å². The van der Waals surface area contributed by atoms with Crippen LogP contribution in [0.5, 0.6) is 0 Å². The monoisotopic (exact) mass is 288 g/mol. The van der Waals surface area contributed by atoms with E-state index in [0.717, 1.165) is 5.56 Å². The smallest absolute Gasteiger partial charge is 0.173 e. The van der Waals surface area contributed by atoms with Gasteiger partial charge in [0.25, 0.3) is 0 Å². The number of hydrogen-bond donors (Lipinski definition) is 0. The van der Waals surface area contributed by atoms with Gasteiger partial charge in [-0.05, 0) is 18.2 Å². The average Bonchev–Trinajstić information content (AvgIpc) is 2.80. The van der Waals surface area contributed by atoms with Gasteiger partial charge in [-0.1, -0.05) is 29.3 Å². The van der Waals surface area contributed by atoms with Crippen LogP contribution in [0.1, 0.15) is 5.56 Å². The summed E-state index contributed by atoms with van der Waals surface area (Å²) in [5, 5.41) is 14.5. The molecular weight excluding hydrogens is 283 g/mol. The van der Waals surface area contributed by atoms with Gasteiger partial charge < -0.3 is 0 Å². The summed E-state index contributed by atoms with van der Waals surface area (Å²) in [5.41, 5.74) is 2.21. The Kier molecular flexibility index (Phi) is 2.86. The van der Waals surface area contributed by atoms with Crippen molar-refractivity contribution in [2.24, 2.45) is 0 Å². The Morgan fingerprint density at radius 3 is 2.79 bits per heavy atom. The Hall–Kier alpha value is -2.09. The summed E-state index contributed by atoms with van der Waals surface area (Å²) in [6, 6.07) is 9.02. The lowest BCUT2D eigenvalue weighted by atomic mass is 10.1. The zero-order chi connectivity index (χ0) is 13.4. The molecule has 0 aliphatic rings. The van der Waals surface area contributed by atoms with E-state index in [0.29, 0.717) is 26.9 Å². The van der Waals surface area contributed by atoms with Gasteiger partial charge in [0.15, 0.2) is 5.65 Å². The van der Waals surface area contributed by atoms with E-state index in [1.54, 1.807) is 41.2 Å². The van der Waals surface area contributed by atoms with Crippen LogP contribution in [0.4, 0.5) is 0 Å². The molecule has 0 bridgehead atoms. The molecule has 0 amide bonds. The van der Waals surface area contributed by atoms with Crippen molar-refractivity contribution in [2.75, 3.05) is 0 Å². The molecule has 0 radical (unpaired) electrons. The van der Waals surface area contributed by atoms with Gasteiger partial charge in [-0.15, -0.1) is 0 Å². The van der Waals surface area contributed by atoms with Crippen LogP contribution in [0.15, 0.2) is 36.7 Å². The minimum atomic E-state index is 0.416. The molecule has 2 aromatic heterocycles. The average molecular weight is 289 g/mol. The fourth-order valence-electron chi connectivity index (χ4n) is 1.84. The van der Waals surface area contributed by atoms with Crippen molar-refractivity contribution < 1.29 is 0 Å². The first kappa shape index (κ1) is 12.0. The highest BCUT2D eigenvalue weighted by Crippen LogP contribution is 2.30. The molecule has 0 aliphatic heterocycles. The molecule has 6 heteroatoms. The van der Waals surface area contributed by atoms with E-state index in [-0.39, 0.29) is 0 Å². The minimum Gasteiger partial charge on any atom is -0.236 e. The van der Waals surface area contributed by atoms with Crippen molar-refractivity contribution in [3.05, 3.63) is 52.3 Å². The van der Waals surface area contributed by atoms with Crippen molar-refractivity contribution in [2.45, 2.75) is 0 Å². The van der Waals surface area contributed by atoms with Crippen LogP contribution >= 0.6 is 23.2 Å². The molecule has 0 saturated heterocycles. The molecule has 0 saturated carbocycles. The number of nitriles is 1. The Morgan fingerprint density at radius 2 is 2.05 bits per heavy atom. The SMILES string of the molecule is N#Cc1c(-c2ccc(Cl)c(Cl)c2)nn2cccnc12. The highest BCUT2D eigenvalue weighted by Gasteiger charge is 2.15. The molecule has 3 rings (SSSR count). The lowest BCUT2D eigenvalue weighted by Crippen LogP contribution is -1.87. The number of halogens is 2. The van der Waals surface area contributed by atoms with E-state index >= 15 is 0 Å². The van der Waals surface area contributed by atoms with Crippen molar-refractivity contribution in [1.29, 1.82) is 5.26 Å². The van der Waals surface area contributed by atoms with E-state index in [9.17, 15) is 5.26 Å². The zero-order valence-electron chi connectivity index (χ0n) is 9.51. The molecule has 1 aromatic carbocycles. The van der Waals surface area contributed by atoms with E-state index in [1.165, 1.54) is 0 Å². The summed E-state index contributed by atoms with van der Waals surface area (Å²) in [6.07, 6.45) is 3.36. The second kappa shape index (κ2) is 4.54. The maximum atomic E-state index is 9.29. The van der Waals surface area contributed by atoms with Crippen molar-refractivity contribution in [1.82, 2.24) is 14.6 Å². The Morgan fingerprint density at radius 1 is 1.21 bits per heavy atom. The normalized spacial score (nSPS) is 10.6. The molecule has 0 N–H and O–H groups in total.